The van der Waals surface area contributed by atoms with Crippen molar-refractivity contribution < 1.29 is 14.7 Å². The second-order valence-electron chi connectivity index (χ2n) is 3.88. The molecule has 5 heteroatoms. The zero-order valence-electron chi connectivity index (χ0n) is 10.3. The lowest BCUT2D eigenvalue weighted by Crippen LogP contribution is -2.06. The number of aromatic nitrogens is 1. The molecule has 0 bridgehead atoms. The molecule has 0 saturated carbocycles. The van der Waals surface area contributed by atoms with E-state index in [0.717, 1.165) is 11.3 Å². The first-order valence-electron chi connectivity index (χ1n) is 5.41. The lowest BCUT2D eigenvalue weighted by atomic mass is 10.1. The van der Waals surface area contributed by atoms with Crippen LogP contribution in [-0.2, 0) is 0 Å². The molecule has 0 atom stereocenters. The second-order valence-corrected chi connectivity index (χ2v) is 4.99. The first-order chi connectivity index (χ1) is 7.99. The topological polar surface area (TPSA) is 70.2 Å². The minimum Gasteiger partial charge on any atom is -0.396 e. The normalized spacial score (nSPS) is 10.6. The molecule has 0 unspecified atom stereocenters. The molecule has 4 nitrogen and oxygen atoms in total. The number of carbonyl (C=O) groups excluding carboxylic acids is 2. The van der Waals surface area contributed by atoms with E-state index in [4.69, 9.17) is 5.11 Å². The van der Waals surface area contributed by atoms with E-state index in [0.29, 0.717) is 22.8 Å². The number of nitrogens with one attached hydrogen (secondary N) is 1. The van der Waals surface area contributed by atoms with Crippen LogP contribution in [0.2, 0.25) is 0 Å². The first kappa shape index (κ1) is 14.0. The van der Waals surface area contributed by atoms with Crippen molar-refractivity contribution >= 4 is 23.3 Å². The van der Waals surface area contributed by atoms with E-state index >= 15 is 0 Å². The van der Waals surface area contributed by atoms with Crippen molar-refractivity contribution in [1.29, 1.82) is 0 Å². The summed E-state index contributed by atoms with van der Waals surface area (Å²) in [5.74, 6) is 0.804. The Hall–Kier alpha value is -1.07. The highest BCUT2D eigenvalue weighted by atomic mass is 32.2. The number of aliphatic hydroxyl groups is 1. The summed E-state index contributed by atoms with van der Waals surface area (Å²) in [6, 6.07) is 0. The van der Waals surface area contributed by atoms with Crippen LogP contribution in [0.3, 0.4) is 0 Å². The van der Waals surface area contributed by atoms with Gasteiger partial charge in [0.15, 0.2) is 11.6 Å². The van der Waals surface area contributed by atoms with Gasteiger partial charge in [0.1, 0.15) is 0 Å². The Morgan fingerprint density at radius 2 is 2.00 bits per heavy atom. The van der Waals surface area contributed by atoms with Crippen molar-refractivity contribution in [2.45, 2.75) is 20.8 Å². The van der Waals surface area contributed by atoms with E-state index in [1.807, 2.05) is 0 Å². The van der Waals surface area contributed by atoms with Crippen molar-refractivity contribution in [2.24, 2.45) is 0 Å². The number of hydrogen-bond acceptors (Lipinski definition) is 4. The van der Waals surface area contributed by atoms with Crippen LogP contribution in [0.1, 0.15) is 39.0 Å². The van der Waals surface area contributed by atoms with Gasteiger partial charge >= 0.3 is 0 Å². The molecule has 0 fully saturated rings. The number of carbonyl (C=O) groups is 2. The Morgan fingerprint density at radius 3 is 2.47 bits per heavy atom. The van der Waals surface area contributed by atoms with Gasteiger partial charge in [-0.15, -0.1) is 0 Å². The van der Waals surface area contributed by atoms with E-state index < -0.39 is 0 Å². The fraction of sp³-hybridized carbons (Fsp3) is 0.500. The van der Waals surface area contributed by atoms with Crippen LogP contribution in [-0.4, -0.2) is 39.8 Å². The molecule has 2 N–H and O–H groups in total. The molecular weight excluding hydrogens is 238 g/mol. The van der Waals surface area contributed by atoms with Crippen LogP contribution in [0, 0.1) is 13.8 Å². The summed E-state index contributed by atoms with van der Waals surface area (Å²) >= 11 is 1.38. The molecular formula is C12H17NO3S. The van der Waals surface area contributed by atoms with Gasteiger partial charge in [0.05, 0.1) is 18.1 Å². The smallest absolute Gasteiger partial charge is 0.189 e. The molecule has 1 aromatic heterocycles. The van der Waals surface area contributed by atoms with Crippen molar-refractivity contribution in [3.05, 3.63) is 22.5 Å². The number of ketones is 2. The van der Waals surface area contributed by atoms with Gasteiger partial charge in [-0.1, -0.05) is 0 Å². The van der Waals surface area contributed by atoms with Crippen molar-refractivity contribution in [3.8, 4) is 0 Å². The van der Waals surface area contributed by atoms with Crippen molar-refractivity contribution in [3.63, 3.8) is 0 Å². The predicted molar refractivity (Wildman–Crippen MR) is 69.0 cm³/mol. The summed E-state index contributed by atoms with van der Waals surface area (Å²) in [4.78, 5) is 26.3. The molecule has 1 rings (SSSR count). The molecule has 1 heterocycles. The maximum absolute atomic E-state index is 11.9. The predicted octanol–water partition coefficient (Wildman–Crippen LogP) is 1.74. The Labute approximate surface area is 105 Å². The summed E-state index contributed by atoms with van der Waals surface area (Å²) in [7, 11) is 0. The standard InChI is InChI=1S/C12H17NO3S/c1-7-11(9(3)15)8(2)13-12(7)10(16)6-17-5-4-14/h13-14H,4-6H2,1-3H3. The van der Waals surface area contributed by atoms with Gasteiger partial charge in [0.2, 0.25) is 0 Å². The summed E-state index contributed by atoms with van der Waals surface area (Å²) in [6.45, 7) is 5.14. The van der Waals surface area contributed by atoms with Gasteiger partial charge in [-0.2, -0.15) is 11.8 Å². The van der Waals surface area contributed by atoms with Gasteiger partial charge in [-0.25, -0.2) is 0 Å². The molecule has 94 valence electrons. The van der Waals surface area contributed by atoms with Gasteiger partial charge in [-0.05, 0) is 26.3 Å². The molecule has 0 saturated heterocycles. The van der Waals surface area contributed by atoms with Crippen LogP contribution in [0.4, 0.5) is 0 Å². The van der Waals surface area contributed by atoms with E-state index in [2.05, 4.69) is 4.98 Å². The van der Waals surface area contributed by atoms with Gasteiger partial charge in [0.25, 0.3) is 0 Å². The van der Waals surface area contributed by atoms with E-state index in [-0.39, 0.29) is 18.2 Å². The molecule has 0 spiro atoms. The summed E-state index contributed by atoms with van der Waals surface area (Å²) in [6.07, 6.45) is 0. The van der Waals surface area contributed by atoms with E-state index in [1.54, 1.807) is 13.8 Å². The van der Waals surface area contributed by atoms with Crippen molar-refractivity contribution in [1.82, 2.24) is 4.98 Å². The summed E-state index contributed by atoms with van der Waals surface area (Å²) < 4.78 is 0. The average Bonchev–Trinajstić information content (AvgIpc) is 2.54. The number of rotatable bonds is 6. The first-order valence-corrected chi connectivity index (χ1v) is 6.56. The van der Waals surface area contributed by atoms with E-state index in [1.165, 1.54) is 18.7 Å². The molecule has 0 aromatic carbocycles. The number of thioether (sulfide) groups is 1. The molecule has 0 aliphatic carbocycles. The molecule has 0 aliphatic rings. The third-order valence-electron chi connectivity index (χ3n) is 2.54. The van der Waals surface area contributed by atoms with Crippen LogP contribution < -0.4 is 0 Å². The maximum atomic E-state index is 11.9. The third kappa shape index (κ3) is 3.20. The lowest BCUT2D eigenvalue weighted by Gasteiger charge is -2.00. The average molecular weight is 255 g/mol. The third-order valence-corrected chi connectivity index (χ3v) is 3.47. The Bertz CT molecular complexity index is 437. The van der Waals surface area contributed by atoms with Crippen LogP contribution in [0.5, 0.6) is 0 Å². The highest BCUT2D eigenvalue weighted by Crippen LogP contribution is 2.20. The molecule has 0 radical (unpaired) electrons. The highest BCUT2D eigenvalue weighted by Gasteiger charge is 2.19. The maximum Gasteiger partial charge on any atom is 0.189 e. The molecule has 17 heavy (non-hydrogen) atoms. The Morgan fingerprint density at radius 1 is 1.35 bits per heavy atom. The molecule has 1 aromatic rings. The minimum atomic E-state index is -0.0310. The minimum absolute atomic E-state index is 0.0293. The number of aromatic amines is 1. The largest absolute Gasteiger partial charge is 0.396 e. The highest BCUT2D eigenvalue weighted by molar-refractivity contribution is 8.00. The second kappa shape index (κ2) is 6.02. The number of aryl methyl sites for hydroxylation is 1. The number of H-pyrrole nitrogens is 1. The summed E-state index contributed by atoms with van der Waals surface area (Å²) in [5.41, 5.74) is 2.59. The van der Waals surface area contributed by atoms with Crippen LogP contribution in [0.25, 0.3) is 0 Å². The van der Waals surface area contributed by atoms with Crippen LogP contribution >= 0.6 is 11.8 Å². The SMILES string of the molecule is CC(=O)c1c(C)[nH]c(C(=O)CSCCO)c1C. The monoisotopic (exact) mass is 255 g/mol. The fourth-order valence-electron chi connectivity index (χ4n) is 1.86. The van der Waals surface area contributed by atoms with Gasteiger partial charge < -0.3 is 10.1 Å². The Kier molecular flexibility index (Phi) is 4.96. The summed E-state index contributed by atoms with van der Waals surface area (Å²) in [5, 5.41) is 8.64. The lowest BCUT2D eigenvalue weighted by molar-refractivity contribution is 0.101. The fourth-order valence-corrected chi connectivity index (χ4v) is 2.46. The molecule has 0 amide bonds. The van der Waals surface area contributed by atoms with Crippen molar-refractivity contribution in [2.75, 3.05) is 18.1 Å². The van der Waals surface area contributed by atoms with Crippen LogP contribution in [0.15, 0.2) is 0 Å². The van der Waals surface area contributed by atoms with E-state index in [9.17, 15) is 9.59 Å². The van der Waals surface area contributed by atoms with Gasteiger partial charge in [-0.3, -0.25) is 9.59 Å². The number of aliphatic hydroxyl groups excluding tert-OH is 1. The zero-order chi connectivity index (χ0) is 13.0. The quantitative estimate of drug-likeness (QED) is 0.600. The number of Topliss-reactive ketones (excluding diaryl/α,β-unsaturated/α-hetero) is 2. The van der Waals surface area contributed by atoms with Gasteiger partial charge in [0, 0.05) is 17.0 Å². The number of hydrogen-bond donors (Lipinski definition) is 2. The Balaban J connectivity index is 2.88. The zero-order valence-corrected chi connectivity index (χ0v) is 11.1. The molecule has 0 aliphatic heterocycles.